The van der Waals surface area contributed by atoms with Crippen molar-refractivity contribution >= 4 is 39.6 Å². The van der Waals surface area contributed by atoms with Crippen LogP contribution < -0.4 is 9.47 Å². The van der Waals surface area contributed by atoms with E-state index in [1.165, 1.54) is 13.2 Å². The van der Waals surface area contributed by atoms with Crippen molar-refractivity contribution in [3.63, 3.8) is 0 Å². The quantitative estimate of drug-likeness (QED) is 0.301. The Balaban J connectivity index is 2.37. The van der Waals surface area contributed by atoms with E-state index in [1.807, 2.05) is 18.9 Å². The molecule has 0 atom stereocenters. The number of methoxy groups -OCH3 is 1. The Bertz CT molecular complexity index is 847. The summed E-state index contributed by atoms with van der Waals surface area (Å²) >= 11 is 8.89. The number of rotatable bonds is 6. The predicted octanol–water partition coefficient (Wildman–Crippen LogP) is 5.93. The molecule has 1 heterocycles. The maximum absolute atomic E-state index is 13.0. The largest absolute Gasteiger partial charge is 0.491 e. The number of alkyl halides is 3. The lowest BCUT2D eigenvalue weighted by molar-refractivity contribution is -0.137. The molecule has 1 aromatic carbocycles. The van der Waals surface area contributed by atoms with E-state index in [-0.39, 0.29) is 17.4 Å². The van der Waals surface area contributed by atoms with Crippen molar-refractivity contribution < 1.29 is 22.6 Å². The first kappa shape index (κ1) is 21.3. The van der Waals surface area contributed by atoms with Gasteiger partial charge in [0, 0.05) is 19.7 Å². The lowest BCUT2D eigenvalue weighted by Gasteiger charge is -2.14. The number of hydrogen-bond donors (Lipinski definition) is 0. The van der Waals surface area contributed by atoms with Crippen LogP contribution in [0.25, 0.3) is 0 Å². The van der Waals surface area contributed by atoms with E-state index in [2.05, 4.69) is 25.9 Å². The summed E-state index contributed by atoms with van der Waals surface area (Å²) < 4.78 is 50.1. The standard InChI is InChI=1S/C17H16BrClF3N3O2/c1-4-25(2)9-23-13-8-14(26-3)16(24-15(13)18)27-10-5-6-12(19)11(7-10)17(20,21)22/h5-9H,4H2,1-3H3. The van der Waals surface area contributed by atoms with Crippen LogP contribution in [-0.4, -0.2) is 36.9 Å². The lowest BCUT2D eigenvalue weighted by Crippen LogP contribution is -2.14. The first-order valence-electron chi connectivity index (χ1n) is 7.69. The molecule has 10 heteroatoms. The summed E-state index contributed by atoms with van der Waals surface area (Å²) in [6, 6.07) is 4.79. The van der Waals surface area contributed by atoms with Crippen molar-refractivity contribution in [2.24, 2.45) is 4.99 Å². The Kier molecular flexibility index (Phi) is 6.94. The molecule has 0 N–H and O–H groups in total. The Labute approximate surface area is 167 Å². The van der Waals surface area contributed by atoms with Crippen LogP contribution in [0.15, 0.2) is 33.9 Å². The van der Waals surface area contributed by atoms with Gasteiger partial charge in [0.15, 0.2) is 5.75 Å². The van der Waals surface area contributed by atoms with Crippen molar-refractivity contribution in [2.75, 3.05) is 20.7 Å². The summed E-state index contributed by atoms with van der Waals surface area (Å²) in [5, 5.41) is -0.416. The van der Waals surface area contributed by atoms with E-state index in [9.17, 15) is 13.2 Å². The number of pyridine rings is 1. The summed E-state index contributed by atoms with van der Waals surface area (Å²) in [5.74, 6) is 0.127. The highest BCUT2D eigenvalue weighted by Crippen LogP contribution is 2.40. The van der Waals surface area contributed by atoms with Crippen LogP contribution in [0.2, 0.25) is 5.02 Å². The van der Waals surface area contributed by atoms with E-state index in [1.54, 1.807) is 12.4 Å². The number of halogens is 5. The number of ether oxygens (including phenoxy) is 2. The second kappa shape index (κ2) is 8.79. The van der Waals surface area contributed by atoms with Gasteiger partial charge in [-0.15, -0.1) is 0 Å². The van der Waals surface area contributed by atoms with Crippen molar-refractivity contribution in [1.29, 1.82) is 0 Å². The molecule has 0 unspecified atom stereocenters. The highest BCUT2D eigenvalue weighted by molar-refractivity contribution is 9.10. The van der Waals surface area contributed by atoms with Crippen molar-refractivity contribution in [2.45, 2.75) is 13.1 Å². The lowest BCUT2D eigenvalue weighted by atomic mass is 10.2. The number of benzene rings is 1. The van der Waals surface area contributed by atoms with Gasteiger partial charge in [-0.3, -0.25) is 0 Å². The monoisotopic (exact) mass is 465 g/mol. The zero-order valence-electron chi connectivity index (χ0n) is 14.6. The van der Waals surface area contributed by atoms with Gasteiger partial charge in [0.1, 0.15) is 16.0 Å². The highest BCUT2D eigenvalue weighted by atomic mass is 79.9. The molecule has 2 aromatic rings. The fourth-order valence-electron chi connectivity index (χ4n) is 1.90. The van der Waals surface area contributed by atoms with Crippen LogP contribution >= 0.6 is 27.5 Å². The maximum Gasteiger partial charge on any atom is 0.417 e. The van der Waals surface area contributed by atoms with Crippen LogP contribution in [0.1, 0.15) is 12.5 Å². The van der Waals surface area contributed by atoms with E-state index in [0.29, 0.717) is 10.3 Å². The molecule has 27 heavy (non-hydrogen) atoms. The van der Waals surface area contributed by atoms with Crippen LogP contribution in [0.4, 0.5) is 18.9 Å². The van der Waals surface area contributed by atoms with Crippen molar-refractivity contribution in [1.82, 2.24) is 9.88 Å². The Morgan fingerprint density at radius 3 is 2.63 bits per heavy atom. The fourth-order valence-corrected chi connectivity index (χ4v) is 2.50. The van der Waals surface area contributed by atoms with Crippen LogP contribution in [0.3, 0.4) is 0 Å². The highest BCUT2D eigenvalue weighted by Gasteiger charge is 2.33. The average molecular weight is 467 g/mol. The minimum Gasteiger partial charge on any atom is -0.491 e. The molecule has 0 spiro atoms. The molecule has 0 aliphatic heterocycles. The topological polar surface area (TPSA) is 47.0 Å². The molecule has 1 aromatic heterocycles. The molecular formula is C17H16BrClF3N3O2. The smallest absolute Gasteiger partial charge is 0.417 e. The minimum atomic E-state index is -4.60. The molecule has 0 aliphatic carbocycles. The summed E-state index contributed by atoms with van der Waals surface area (Å²) in [5.41, 5.74) is -0.518. The molecule has 0 radical (unpaired) electrons. The second-order valence-electron chi connectivity index (χ2n) is 5.36. The molecule has 146 valence electrons. The first-order valence-corrected chi connectivity index (χ1v) is 8.86. The molecule has 0 aliphatic rings. The number of hydrogen-bond acceptors (Lipinski definition) is 4. The van der Waals surface area contributed by atoms with Gasteiger partial charge in [-0.1, -0.05) is 11.6 Å². The molecule has 0 bridgehead atoms. The molecule has 5 nitrogen and oxygen atoms in total. The van der Waals surface area contributed by atoms with Crippen molar-refractivity contribution in [3.8, 4) is 17.4 Å². The summed E-state index contributed by atoms with van der Waals surface area (Å²) in [6.45, 7) is 2.74. The van der Waals surface area contributed by atoms with Gasteiger partial charge in [-0.05, 0) is 41.1 Å². The van der Waals surface area contributed by atoms with Gasteiger partial charge in [-0.2, -0.15) is 13.2 Å². The SMILES string of the molecule is CCN(C)C=Nc1cc(OC)c(Oc2ccc(Cl)c(C(F)(F)F)c2)nc1Br. The van der Waals surface area contributed by atoms with E-state index in [0.717, 1.165) is 18.7 Å². The number of aromatic nitrogens is 1. The zero-order chi connectivity index (χ0) is 20.2. The number of aliphatic imine (C=N–C) groups is 1. The van der Waals surface area contributed by atoms with Gasteiger partial charge in [0.2, 0.25) is 0 Å². The third-order valence-corrected chi connectivity index (χ3v) is 4.37. The number of nitrogens with zero attached hydrogens (tertiary/aromatic N) is 3. The van der Waals surface area contributed by atoms with Gasteiger partial charge >= 0.3 is 6.18 Å². The van der Waals surface area contributed by atoms with Crippen LogP contribution in [-0.2, 0) is 6.18 Å². The molecule has 0 amide bonds. The molecule has 2 rings (SSSR count). The molecule has 0 saturated carbocycles. The van der Waals surface area contributed by atoms with Crippen LogP contribution in [0.5, 0.6) is 17.4 Å². The summed E-state index contributed by atoms with van der Waals surface area (Å²) in [6.07, 6.45) is -2.98. The minimum absolute atomic E-state index is 0.0115. The average Bonchev–Trinajstić information content (AvgIpc) is 2.61. The first-order chi connectivity index (χ1) is 12.7. The van der Waals surface area contributed by atoms with Gasteiger partial charge in [-0.25, -0.2) is 9.98 Å². The predicted molar refractivity (Wildman–Crippen MR) is 101 cm³/mol. The van der Waals surface area contributed by atoms with E-state index < -0.39 is 16.8 Å². The molecular weight excluding hydrogens is 451 g/mol. The summed E-state index contributed by atoms with van der Waals surface area (Å²) in [4.78, 5) is 10.3. The van der Waals surface area contributed by atoms with Gasteiger partial charge in [0.25, 0.3) is 5.88 Å². The van der Waals surface area contributed by atoms with E-state index in [4.69, 9.17) is 21.1 Å². The van der Waals surface area contributed by atoms with Gasteiger partial charge < -0.3 is 14.4 Å². The zero-order valence-corrected chi connectivity index (χ0v) is 17.0. The fraction of sp³-hybridized carbons (Fsp3) is 0.294. The third kappa shape index (κ3) is 5.49. The normalized spacial score (nSPS) is 11.7. The molecule has 0 saturated heterocycles. The second-order valence-corrected chi connectivity index (χ2v) is 6.52. The molecule has 0 fully saturated rings. The van der Waals surface area contributed by atoms with Gasteiger partial charge in [0.05, 0.1) is 24.0 Å². The summed E-state index contributed by atoms with van der Waals surface area (Å²) in [7, 11) is 3.25. The Morgan fingerprint density at radius 1 is 1.33 bits per heavy atom. The Morgan fingerprint density at radius 2 is 2.04 bits per heavy atom. The van der Waals surface area contributed by atoms with Crippen molar-refractivity contribution in [3.05, 3.63) is 39.5 Å². The van der Waals surface area contributed by atoms with Crippen LogP contribution in [0, 0.1) is 0 Å². The van der Waals surface area contributed by atoms with E-state index >= 15 is 0 Å². The third-order valence-electron chi connectivity index (χ3n) is 3.46. The maximum atomic E-state index is 13.0. The Hall–Kier alpha value is -2.00.